The smallest absolute Gasteiger partial charge is 0.234 e. The van der Waals surface area contributed by atoms with E-state index in [0.29, 0.717) is 38.9 Å². The fourth-order valence-electron chi connectivity index (χ4n) is 2.98. The molecule has 1 heterocycles. The number of methoxy groups -OCH3 is 2. The van der Waals surface area contributed by atoms with Gasteiger partial charge in [0.05, 0.1) is 30.7 Å². The van der Waals surface area contributed by atoms with Gasteiger partial charge in [-0.2, -0.15) is 0 Å². The lowest BCUT2D eigenvalue weighted by molar-refractivity contribution is -0.113. The number of ether oxygens (including phenoxy) is 3. The van der Waals surface area contributed by atoms with Gasteiger partial charge in [-0.25, -0.2) is 0 Å². The van der Waals surface area contributed by atoms with E-state index in [1.807, 2.05) is 33.0 Å². The zero-order valence-electron chi connectivity index (χ0n) is 18.5. The first-order valence-corrected chi connectivity index (χ1v) is 11.2. The minimum Gasteiger partial charge on any atom is -0.497 e. The van der Waals surface area contributed by atoms with E-state index >= 15 is 0 Å². The Morgan fingerprint density at radius 2 is 1.94 bits per heavy atom. The predicted octanol–water partition coefficient (Wildman–Crippen LogP) is 4.66. The van der Waals surface area contributed by atoms with Crippen LogP contribution < -0.4 is 19.5 Å². The highest BCUT2D eigenvalue weighted by atomic mass is 35.5. The fourth-order valence-corrected chi connectivity index (χ4v) is 3.86. The number of halogens is 1. The third-order valence-electron chi connectivity index (χ3n) is 4.64. The SMILES string of the molecule is COc1ccc(OC)c(NC(=O)CSc2nnc(C(C)Oc3cc(C)ccc3Cl)n2C)c1. The van der Waals surface area contributed by atoms with E-state index in [-0.39, 0.29) is 17.8 Å². The number of anilines is 1. The largest absolute Gasteiger partial charge is 0.497 e. The first kappa shape index (κ1) is 23.7. The second-order valence-electron chi connectivity index (χ2n) is 7.00. The molecular formula is C22H25ClN4O4S. The van der Waals surface area contributed by atoms with Crippen molar-refractivity contribution < 1.29 is 19.0 Å². The Bertz CT molecular complexity index is 1110. The van der Waals surface area contributed by atoms with Crippen LogP contribution in [-0.2, 0) is 11.8 Å². The van der Waals surface area contributed by atoms with Crippen molar-refractivity contribution in [1.82, 2.24) is 14.8 Å². The molecule has 170 valence electrons. The van der Waals surface area contributed by atoms with E-state index in [1.165, 1.54) is 11.8 Å². The lowest BCUT2D eigenvalue weighted by Crippen LogP contribution is -2.15. The first-order valence-electron chi connectivity index (χ1n) is 9.79. The standard InChI is InChI=1S/C22H25ClN4O4S/c1-13-6-8-16(23)19(10-13)31-14(2)21-25-26-22(27(21)3)32-12-20(28)24-17-11-15(29-4)7-9-18(17)30-5/h6-11,14H,12H2,1-5H3,(H,24,28). The van der Waals surface area contributed by atoms with E-state index in [2.05, 4.69) is 15.5 Å². The highest BCUT2D eigenvalue weighted by molar-refractivity contribution is 7.99. The minimum atomic E-state index is -0.379. The molecule has 0 aliphatic carbocycles. The van der Waals surface area contributed by atoms with Gasteiger partial charge in [0.15, 0.2) is 17.1 Å². The number of aromatic nitrogens is 3. The second kappa shape index (κ2) is 10.6. The maximum Gasteiger partial charge on any atom is 0.234 e. The van der Waals surface area contributed by atoms with E-state index in [0.717, 1.165) is 5.56 Å². The van der Waals surface area contributed by atoms with Gasteiger partial charge in [0.1, 0.15) is 17.2 Å². The molecule has 8 nitrogen and oxygen atoms in total. The highest BCUT2D eigenvalue weighted by Crippen LogP contribution is 2.31. The van der Waals surface area contributed by atoms with Crippen molar-refractivity contribution in [3.63, 3.8) is 0 Å². The molecule has 2 aromatic carbocycles. The lowest BCUT2D eigenvalue weighted by Gasteiger charge is -2.15. The van der Waals surface area contributed by atoms with Crippen molar-refractivity contribution in [3.05, 3.63) is 52.8 Å². The van der Waals surface area contributed by atoms with Gasteiger partial charge in [0.25, 0.3) is 0 Å². The van der Waals surface area contributed by atoms with E-state index in [9.17, 15) is 4.79 Å². The molecule has 0 aliphatic rings. The maximum absolute atomic E-state index is 12.5. The number of amides is 1. The van der Waals surface area contributed by atoms with Crippen LogP contribution >= 0.6 is 23.4 Å². The first-order chi connectivity index (χ1) is 15.3. The lowest BCUT2D eigenvalue weighted by atomic mass is 10.2. The summed E-state index contributed by atoms with van der Waals surface area (Å²) in [5.41, 5.74) is 1.58. The Hall–Kier alpha value is -2.91. The molecule has 1 atom stereocenters. The zero-order chi connectivity index (χ0) is 23.3. The average Bonchev–Trinajstić information content (AvgIpc) is 3.15. The molecule has 0 aliphatic heterocycles. The summed E-state index contributed by atoms with van der Waals surface area (Å²) in [6.07, 6.45) is -0.379. The maximum atomic E-state index is 12.5. The number of nitrogens with zero attached hydrogens (tertiary/aromatic N) is 3. The topological polar surface area (TPSA) is 87.5 Å². The van der Waals surface area contributed by atoms with Crippen LogP contribution in [0.15, 0.2) is 41.6 Å². The van der Waals surface area contributed by atoms with Crippen molar-refractivity contribution in [2.24, 2.45) is 7.05 Å². The van der Waals surface area contributed by atoms with Crippen LogP contribution in [0.1, 0.15) is 24.4 Å². The Morgan fingerprint density at radius 1 is 1.16 bits per heavy atom. The Morgan fingerprint density at radius 3 is 2.66 bits per heavy atom. The van der Waals surface area contributed by atoms with Crippen LogP contribution in [0.25, 0.3) is 0 Å². The van der Waals surface area contributed by atoms with Gasteiger partial charge in [-0.05, 0) is 43.7 Å². The number of carbonyl (C=O) groups is 1. The molecule has 1 amide bonds. The van der Waals surface area contributed by atoms with Crippen molar-refractivity contribution >= 4 is 35.0 Å². The molecule has 0 saturated carbocycles. The molecule has 0 spiro atoms. The van der Waals surface area contributed by atoms with Crippen LogP contribution in [0.3, 0.4) is 0 Å². The minimum absolute atomic E-state index is 0.144. The summed E-state index contributed by atoms with van der Waals surface area (Å²) in [4.78, 5) is 12.5. The van der Waals surface area contributed by atoms with Crippen molar-refractivity contribution in [3.8, 4) is 17.2 Å². The molecule has 3 rings (SSSR count). The van der Waals surface area contributed by atoms with Gasteiger partial charge in [-0.1, -0.05) is 29.4 Å². The van der Waals surface area contributed by atoms with Gasteiger partial charge < -0.3 is 24.1 Å². The molecular weight excluding hydrogens is 452 g/mol. The fraction of sp³-hybridized carbons (Fsp3) is 0.318. The number of thioether (sulfide) groups is 1. The molecule has 1 aromatic heterocycles. The molecule has 32 heavy (non-hydrogen) atoms. The number of nitrogens with one attached hydrogen (secondary N) is 1. The molecule has 0 radical (unpaired) electrons. The molecule has 1 N–H and O–H groups in total. The normalized spacial score (nSPS) is 11.7. The van der Waals surface area contributed by atoms with Crippen LogP contribution in [-0.4, -0.2) is 40.6 Å². The van der Waals surface area contributed by atoms with Crippen LogP contribution in [0.4, 0.5) is 5.69 Å². The van der Waals surface area contributed by atoms with Crippen LogP contribution in [0.5, 0.6) is 17.2 Å². The van der Waals surface area contributed by atoms with Gasteiger partial charge in [0, 0.05) is 13.1 Å². The summed E-state index contributed by atoms with van der Waals surface area (Å²) in [6, 6.07) is 10.8. The molecule has 0 fully saturated rings. The number of hydrogen-bond donors (Lipinski definition) is 1. The predicted molar refractivity (Wildman–Crippen MR) is 125 cm³/mol. The Balaban J connectivity index is 1.63. The number of rotatable bonds is 9. The van der Waals surface area contributed by atoms with Gasteiger partial charge >= 0.3 is 0 Å². The Labute approximate surface area is 196 Å². The second-order valence-corrected chi connectivity index (χ2v) is 8.35. The number of hydrogen-bond acceptors (Lipinski definition) is 7. The summed E-state index contributed by atoms with van der Waals surface area (Å²) in [5, 5.41) is 12.4. The van der Waals surface area contributed by atoms with Crippen molar-refractivity contribution in [2.45, 2.75) is 25.1 Å². The molecule has 3 aromatic rings. The third kappa shape index (κ3) is 5.66. The zero-order valence-corrected chi connectivity index (χ0v) is 20.1. The van der Waals surface area contributed by atoms with Crippen molar-refractivity contribution in [2.75, 3.05) is 25.3 Å². The average molecular weight is 477 g/mol. The summed E-state index contributed by atoms with van der Waals surface area (Å²) < 4.78 is 18.3. The van der Waals surface area contributed by atoms with Crippen LogP contribution in [0.2, 0.25) is 5.02 Å². The summed E-state index contributed by atoms with van der Waals surface area (Å²) >= 11 is 7.50. The summed E-state index contributed by atoms with van der Waals surface area (Å²) in [7, 11) is 4.94. The summed E-state index contributed by atoms with van der Waals surface area (Å²) in [5.74, 6) is 2.32. The molecule has 10 heteroatoms. The summed E-state index contributed by atoms with van der Waals surface area (Å²) in [6.45, 7) is 3.84. The quantitative estimate of drug-likeness (QED) is 0.449. The number of carbonyl (C=O) groups excluding carboxylic acids is 1. The van der Waals surface area contributed by atoms with E-state index in [4.69, 9.17) is 25.8 Å². The van der Waals surface area contributed by atoms with Crippen molar-refractivity contribution in [1.29, 1.82) is 0 Å². The van der Waals surface area contributed by atoms with Crippen LogP contribution in [0, 0.1) is 6.92 Å². The molecule has 0 saturated heterocycles. The highest BCUT2D eigenvalue weighted by Gasteiger charge is 2.19. The number of aryl methyl sites for hydroxylation is 1. The van der Waals surface area contributed by atoms with E-state index in [1.54, 1.807) is 43.1 Å². The van der Waals surface area contributed by atoms with Gasteiger partial charge in [-0.3, -0.25) is 4.79 Å². The molecule has 1 unspecified atom stereocenters. The Kier molecular flexibility index (Phi) is 7.87. The van der Waals surface area contributed by atoms with E-state index < -0.39 is 0 Å². The number of benzene rings is 2. The monoisotopic (exact) mass is 476 g/mol. The van der Waals surface area contributed by atoms with Gasteiger partial charge in [0.2, 0.25) is 5.91 Å². The van der Waals surface area contributed by atoms with Gasteiger partial charge in [-0.15, -0.1) is 10.2 Å². The molecule has 0 bridgehead atoms. The third-order valence-corrected chi connectivity index (χ3v) is 5.97.